The third-order valence-corrected chi connectivity index (χ3v) is 4.58. The molecule has 1 aliphatic heterocycles. The quantitative estimate of drug-likeness (QED) is 0.764. The van der Waals surface area contributed by atoms with Gasteiger partial charge >= 0.3 is 0 Å². The summed E-state index contributed by atoms with van der Waals surface area (Å²) in [4.78, 5) is 2.62. The second-order valence-corrected chi connectivity index (χ2v) is 5.78. The molecule has 0 aromatic heterocycles. The first-order valence-corrected chi connectivity index (χ1v) is 7.40. The summed E-state index contributed by atoms with van der Waals surface area (Å²) >= 11 is 0. The SMILES string of the molecule is CCNC1CCCC1CN1CCC(CO)CC1. The van der Waals surface area contributed by atoms with E-state index in [9.17, 15) is 0 Å². The molecule has 3 nitrogen and oxygen atoms in total. The molecule has 1 aliphatic carbocycles. The minimum absolute atomic E-state index is 0.386. The van der Waals surface area contributed by atoms with Crippen molar-refractivity contribution in [2.75, 3.05) is 32.8 Å². The second-order valence-electron chi connectivity index (χ2n) is 5.78. The Balaban J connectivity index is 1.73. The first kappa shape index (κ1) is 13.3. The molecule has 2 unspecified atom stereocenters. The topological polar surface area (TPSA) is 35.5 Å². The highest BCUT2D eigenvalue weighted by atomic mass is 16.3. The smallest absolute Gasteiger partial charge is 0.0460 e. The minimum Gasteiger partial charge on any atom is -0.396 e. The van der Waals surface area contributed by atoms with Crippen LogP contribution in [-0.2, 0) is 0 Å². The minimum atomic E-state index is 0.386. The number of rotatable bonds is 5. The van der Waals surface area contributed by atoms with E-state index >= 15 is 0 Å². The number of likely N-dealkylation sites (tertiary alicyclic amines) is 1. The Bertz CT molecular complexity index is 214. The van der Waals surface area contributed by atoms with E-state index in [4.69, 9.17) is 5.11 Å². The molecule has 17 heavy (non-hydrogen) atoms. The van der Waals surface area contributed by atoms with E-state index in [1.165, 1.54) is 51.7 Å². The van der Waals surface area contributed by atoms with E-state index < -0.39 is 0 Å². The molecular formula is C14H28N2O. The molecular weight excluding hydrogens is 212 g/mol. The number of aliphatic hydroxyl groups excluding tert-OH is 1. The zero-order valence-corrected chi connectivity index (χ0v) is 11.2. The summed E-state index contributed by atoms with van der Waals surface area (Å²) in [7, 11) is 0. The van der Waals surface area contributed by atoms with Crippen molar-refractivity contribution in [3.63, 3.8) is 0 Å². The van der Waals surface area contributed by atoms with E-state index in [0.717, 1.165) is 18.5 Å². The van der Waals surface area contributed by atoms with Crippen molar-refractivity contribution in [2.24, 2.45) is 11.8 Å². The summed E-state index contributed by atoms with van der Waals surface area (Å²) < 4.78 is 0. The van der Waals surface area contributed by atoms with Gasteiger partial charge in [-0.15, -0.1) is 0 Å². The molecule has 2 aliphatic rings. The van der Waals surface area contributed by atoms with Gasteiger partial charge in [0.05, 0.1) is 0 Å². The van der Waals surface area contributed by atoms with Crippen LogP contribution in [0.5, 0.6) is 0 Å². The van der Waals surface area contributed by atoms with Crippen molar-refractivity contribution in [2.45, 2.75) is 45.1 Å². The Morgan fingerprint density at radius 3 is 2.59 bits per heavy atom. The predicted molar refractivity (Wildman–Crippen MR) is 71.1 cm³/mol. The number of hydrogen-bond donors (Lipinski definition) is 2. The zero-order chi connectivity index (χ0) is 12.1. The molecule has 2 rings (SSSR count). The van der Waals surface area contributed by atoms with Crippen molar-refractivity contribution in [3.8, 4) is 0 Å². The Hall–Kier alpha value is -0.120. The van der Waals surface area contributed by atoms with Gasteiger partial charge in [-0.1, -0.05) is 13.3 Å². The Kier molecular flexibility index (Phi) is 5.26. The van der Waals surface area contributed by atoms with Crippen molar-refractivity contribution in [3.05, 3.63) is 0 Å². The maximum absolute atomic E-state index is 9.15. The number of piperidine rings is 1. The fourth-order valence-electron chi connectivity index (χ4n) is 3.47. The van der Waals surface area contributed by atoms with E-state index in [-0.39, 0.29) is 0 Å². The van der Waals surface area contributed by atoms with Crippen LogP contribution < -0.4 is 5.32 Å². The standard InChI is InChI=1S/C14H28N2O/c1-2-15-14-5-3-4-13(14)10-16-8-6-12(11-17)7-9-16/h12-15,17H,2-11H2,1H3. The highest BCUT2D eigenvalue weighted by molar-refractivity contribution is 4.86. The average molecular weight is 240 g/mol. The maximum atomic E-state index is 9.15. The van der Waals surface area contributed by atoms with Gasteiger partial charge in [0.2, 0.25) is 0 Å². The summed E-state index contributed by atoms with van der Waals surface area (Å²) in [5, 5.41) is 12.8. The molecule has 0 bridgehead atoms. The van der Waals surface area contributed by atoms with E-state index in [1.54, 1.807) is 0 Å². The molecule has 2 fully saturated rings. The fraction of sp³-hybridized carbons (Fsp3) is 1.00. The summed E-state index contributed by atoms with van der Waals surface area (Å²) in [6, 6.07) is 0.760. The first-order valence-electron chi connectivity index (χ1n) is 7.40. The number of hydrogen-bond acceptors (Lipinski definition) is 3. The van der Waals surface area contributed by atoms with Crippen molar-refractivity contribution in [1.82, 2.24) is 10.2 Å². The number of nitrogens with zero attached hydrogens (tertiary/aromatic N) is 1. The van der Waals surface area contributed by atoms with Crippen LogP contribution in [0.2, 0.25) is 0 Å². The van der Waals surface area contributed by atoms with Gasteiger partial charge in [0.1, 0.15) is 0 Å². The van der Waals surface area contributed by atoms with Gasteiger partial charge in [0.25, 0.3) is 0 Å². The lowest BCUT2D eigenvalue weighted by molar-refractivity contribution is 0.116. The molecule has 0 amide bonds. The maximum Gasteiger partial charge on any atom is 0.0460 e. The molecule has 3 heteroatoms. The largest absolute Gasteiger partial charge is 0.396 e. The Labute approximate surface area is 106 Å². The number of aliphatic hydroxyl groups is 1. The third-order valence-electron chi connectivity index (χ3n) is 4.58. The lowest BCUT2D eigenvalue weighted by atomic mass is 9.95. The molecule has 1 heterocycles. The lowest BCUT2D eigenvalue weighted by Crippen LogP contribution is -2.42. The van der Waals surface area contributed by atoms with Crippen LogP contribution in [0.15, 0.2) is 0 Å². The van der Waals surface area contributed by atoms with E-state index in [2.05, 4.69) is 17.1 Å². The monoisotopic (exact) mass is 240 g/mol. The second kappa shape index (κ2) is 6.72. The Morgan fingerprint density at radius 2 is 1.94 bits per heavy atom. The normalized spacial score (nSPS) is 32.1. The molecule has 0 spiro atoms. The van der Waals surface area contributed by atoms with E-state index in [0.29, 0.717) is 12.5 Å². The van der Waals surface area contributed by atoms with Crippen LogP contribution in [0.4, 0.5) is 0 Å². The van der Waals surface area contributed by atoms with Crippen molar-refractivity contribution < 1.29 is 5.11 Å². The van der Waals surface area contributed by atoms with Gasteiger partial charge in [-0.05, 0) is 57.2 Å². The molecule has 1 saturated carbocycles. The van der Waals surface area contributed by atoms with Crippen molar-refractivity contribution in [1.29, 1.82) is 0 Å². The summed E-state index contributed by atoms with van der Waals surface area (Å²) in [6.45, 7) is 7.37. The molecule has 0 aromatic rings. The van der Waals surface area contributed by atoms with Gasteiger partial charge in [-0.2, -0.15) is 0 Å². The van der Waals surface area contributed by atoms with Crippen LogP contribution in [0, 0.1) is 11.8 Å². The zero-order valence-electron chi connectivity index (χ0n) is 11.2. The number of nitrogens with one attached hydrogen (secondary N) is 1. The van der Waals surface area contributed by atoms with Crippen LogP contribution in [0.25, 0.3) is 0 Å². The molecule has 2 atom stereocenters. The third kappa shape index (κ3) is 3.67. The predicted octanol–water partition coefficient (Wildman–Crippen LogP) is 1.47. The van der Waals surface area contributed by atoms with Gasteiger partial charge < -0.3 is 15.3 Å². The van der Waals surface area contributed by atoms with Crippen molar-refractivity contribution >= 4 is 0 Å². The summed E-state index contributed by atoms with van der Waals surface area (Å²) in [5.41, 5.74) is 0. The highest BCUT2D eigenvalue weighted by Gasteiger charge is 2.29. The molecule has 0 aromatic carbocycles. The van der Waals surface area contributed by atoms with Crippen LogP contribution in [0.3, 0.4) is 0 Å². The molecule has 0 radical (unpaired) electrons. The van der Waals surface area contributed by atoms with Gasteiger partial charge in [-0.3, -0.25) is 0 Å². The first-order chi connectivity index (χ1) is 8.33. The lowest BCUT2D eigenvalue weighted by Gasteiger charge is -2.34. The van der Waals surface area contributed by atoms with Crippen LogP contribution >= 0.6 is 0 Å². The van der Waals surface area contributed by atoms with Gasteiger partial charge in [-0.25, -0.2) is 0 Å². The Morgan fingerprint density at radius 1 is 1.18 bits per heavy atom. The average Bonchev–Trinajstić information content (AvgIpc) is 2.78. The van der Waals surface area contributed by atoms with E-state index in [1.807, 2.05) is 0 Å². The summed E-state index contributed by atoms with van der Waals surface area (Å²) in [6.07, 6.45) is 6.54. The van der Waals surface area contributed by atoms with Gasteiger partial charge in [0.15, 0.2) is 0 Å². The molecule has 100 valence electrons. The highest BCUT2D eigenvalue weighted by Crippen LogP contribution is 2.28. The molecule has 2 N–H and O–H groups in total. The van der Waals surface area contributed by atoms with Crippen LogP contribution in [0.1, 0.15) is 39.0 Å². The van der Waals surface area contributed by atoms with Gasteiger partial charge in [0, 0.05) is 19.2 Å². The molecule has 1 saturated heterocycles. The fourth-order valence-corrected chi connectivity index (χ4v) is 3.47. The summed E-state index contributed by atoms with van der Waals surface area (Å²) in [5.74, 6) is 1.43. The van der Waals surface area contributed by atoms with Crippen LogP contribution in [-0.4, -0.2) is 48.8 Å².